The summed E-state index contributed by atoms with van der Waals surface area (Å²) in [7, 11) is 0. The standard InChI is InChI=1S/C13H10ClNOS2/c14-12-4-1-7-15-13(12)17-9-11-6-5-10(18-11)3-2-8-16/h1,4-7,16H,8-9H2. The number of thiophene rings is 1. The van der Waals surface area contributed by atoms with Gasteiger partial charge in [0.05, 0.1) is 9.90 Å². The summed E-state index contributed by atoms with van der Waals surface area (Å²) in [4.78, 5) is 6.40. The van der Waals surface area contributed by atoms with Gasteiger partial charge in [0.25, 0.3) is 0 Å². The normalized spacial score (nSPS) is 9.89. The van der Waals surface area contributed by atoms with Crippen LogP contribution in [0, 0.1) is 11.8 Å². The van der Waals surface area contributed by atoms with E-state index in [9.17, 15) is 0 Å². The zero-order chi connectivity index (χ0) is 12.8. The highest BCUT2D eigenvalue weighted by molar-refractivity contribution is 7.98. The Kier molecular flexibility index (Phi) is 5.09. The maximum atomic E-state index is 8.62. The van der Waals surface area contributed by atoms with E-state index in [2.05, 4.69) is 16.8 Å². The molecule has 0 saturated heterocycles. The number of aliphatic hydroxyl groups excluding tert-OH is 1. The molecule has 2 rings (SSSR count). The van der Waals surface area contributed by atoms with Gasteiger partial charge in [-0.2, -0.15) is 0 Å². The van der Waals surface area contributed by atoms with E-state index in [4.69, 9.17) is 16.7 Å². The van der Waals surface area contributed by atoms with Crippen molar-refractivity contribution in [3.8, 4) is 11.8 Å². The summed E-state index contributed by atoms with van der Waals surface area (Å²) < 4.78 is 0. The van der Waals surface area contributed by atoms with Gasteiger partial charge in [-0.3, -0.25) is 0 Å². The molecule has 0 fully saturated rings. The van der Waals surface area contributed by atoms with Crippen molar-refractivity contribution < 1.29 is 5.11 Å². The summed E-state index contributed by atoms with van der Waals surface area (Å²) in [6, 6.07) is 7.66. The van der Waals surface area contributed by atoms with Crippen molar-refractivity contribution in [2.24, 2.45) is 0 Å². The molecule has 2 aromatic heterocycles. The smallest absolute Gasteiger partial charge is 0.115 e. The molecule has 0 bridgehead atoms. The molecule has 0 aliphatic heterocycles. The van der Waals surface area contributed by atoms with E-state index >= 15 is 0 Å². The highest BCUT2D eigenvalue weighted by Gasteiger charge is 2.04. The minimum atomic E-state index is -0.106. The molecule has 0 aromatic carbocycles. The lowest BCUT2D eigenvalue weighted by atomic mass is 10.4. The van der Waals surface area contributed by atoms with Crippen molar-refractivity contribution in [3.05, 3.63) is 45.2 Å². The molecule has 0 spiro atoms. The average molecular weight is 296 g/mol. The largest absolute Gasteiger partial charge is 0.384 e. The van der Waals surface area contributed by atoms with Gasteiger partial charge in [0.15, 0.2) is 0 Å². The second-order valence-corrected chi connectivity index (χ2v) is 5.84. The first-order valence-electron chi connectivity index (χ1n) is 5.21. The summed E-state index contributed by atoms with van der Waals surface area (Å²) >= 11 is 9.26. The molecular weight excluding hydrogens is 286 g/mol. The highest BCUT2D eigenvalue weighted by atomic mass is 35.5. The molecular formula is C13H10ClNOS2. The van der Waals surface area contributed by atoms with Crippen LogP contribution in [0.15, 0.2) is 35.5 Å². The Bertz CT molecular complexity index is 586. The van der Waals surface area contributed by atoms with Crippen molar-refractivity contribution in [1.29, 1.82) is 0 Å². The van der Waals surface area contributed by atoms with Gasteiger partial charge < -0.3 is 5.11 Å². The highest BCUT2D eigenvalue weighted by Crippen LogP contribution is 2.29. The number of nitrogens with zero attached hydrogens (tertiary/aromatic N) is 1. The summed E-state index contributed by atoms with van der Waals surface area (Å²) in [5.74, 6) is 6.35. The van der Waals surface area contributed by atoms with Crippen molar-refractivity contribution in [2.45, 2.75) is 10.8 Å². The Morgan fingerprint density at radius 1 is 1.39 bits per heavy atom. The van der Waals surface area contributed by atoms with E-state index in [0.29, 0.717) is 5.02 Å². The van der Waals surface area contributed by atoms with Gasteiger partial charge in [0.1, 0.15) is 11.6 Å². The fourth-order valence-corrected chi connectivity index (χ4v) is 3.36. The van der Waals surface area contributed by atoms with E-state index in [1.807, 2.05) is 24.3 Å². The maximum absolute atomic E-state index is 8.62. The first-order chi connectivity index (χ1) is 8.79. The van der Waals surface area contributed by atoms with Crippen LogP contribution in [0.1, 0.15) is 9.75 Å². The summed E-state index contributed by atoms with van der Waals surface area (Å²) in [5.41, 5.74) is 0. The first kappa shape index (κ1) is 13.4. The molecule has 0 aliphatic rings. The molecule has 0 atom stereocenters. The number of thioether (sulfide) groups is 1. The van der Waals surface area contributed by atoms with Crippen LogP contribution in [0.25, 0.3) is 0 Å². The number of hydrogen-bond acceptors (Lipinski definition) is 4. The van der Waals surface area contributed by atoms with Crippen molar-refractivity contribution >= 4 is 34.7 Å². The quantitative estimate of drug-likeness (QED) is 0.696. The summed E-state index contributed by atoms with van der Waals surface area (Å²) in [6.07, 6.45) is 1.74. The van der Waals surface area contributed by atoms with Crippen LogP contribution in [-0.4, -0.2) is 16.7 Å². The minimum Gasteiger partial charge on any atom is -0.384 e. The molecule has 5 heteroatoms. The Hall–Kier alpha value is -0.990. The number of aliphatic hydroxyl groups is 1. The molecule has 0 saturated carbocycles. The first-order valence-corrected chi connectivity index (χ1v) is 7.39. The SMILES string of the molecule is OCC#Cc1ccc(CSc2ncccc2Cl)s1. The van der Waals surface area contributed by atoms with Crippen LogP contribution in [0.5, 0.6) is 0 Å². The van der Waals surface area contributed by atoms with E-state index in [1.165, 1.54) is 4.88 Å². The third-order valence-electron chi connectivity index (χ3n) is 2.03. The van der Waals surface area contributed by atoms with Crippen LogP contribution >= 0.6 is 34.7 Å². The molecule has 0 radical (unpaired) electrons. The Labute approximate surface area is 119 Å². The number of halogens is 1. The molecule has 0 aliphatic carbocycles. The number of hydrogen-bond donors (Lipinski definition) is 1. The van der Waals surface area contributed by atoms with E-state index in [0.717, 1.165) is 15.7 Å². The average Bonchev–Trinajstić information content (AvgIpc) is 2.83. The Morgan fingerprint density at radius 3 is 3.06 bits per heavy atom. The number of pyridine rings is 1. The van der Waals surface area contributed by atoms with Crippen molar-refractivity contribution in [2.75, 3.05) is 6.61 Å². The van der Waals surface area contributed by atoms with Crippen LogP contribution < -0.4 is 0 Å². The third-order valence-corrected chi connectivity index (χ3v) is 4.68. The van der Waals surface area contributed by atoms with Gasteiger partial charge in [-0.05, 0) is 24.3 Å². The van der Waals surface area contributed by atoms with Crippen molar-refractivity contribution in [3.63, 3.8) is 0 Å². The lowest BCUT2D eigenvalue weighted by Crippen LogP contribution is -1.80. The predicted octanol–water partition coefficient (Wildman–Crippen LogP) is 3.43. The topological polar surface area (TPSA) is 33.1 Å². The molecule has 1 N–H and O–H groups in total. The van der Waals surface area contributed by atoms with Crippen molar-refractivity contribution in [1.82, 2.24) is 4.98 Å². The lowest BCUT2D eigenvalue weighted by molar-refractivity contribution is 0.350. The molecule has 92 valence electrons. The molecule has 0 unspecified atom stereocenters. The van der Waals surface area contributed by atoms with Gasteiger partial charge in [-0.1, -0.05) is 35.2 Å². The molecule has 2 aromatic rings. The van der Waals surface area contributed by atoms with Crippen LogP contribution in [0.4, 0.5) is 0 Å². The van der Waals surface area contributed by atoms with Gasteiger partial charge >= 0.3 is 0 Å². The zero-order valence-electron chi connectivity index (χ0n) is 9.39. The molecule has 2 heterocycles. The van der Waals surface area contributed by atoms with Crippen LogP contribution in [0.3, 0.4) is 0 Å². The Balaban J connectivity index is 1.98. The second kappa shape index (κ2) is 6.81. The fourth-order valence-electron chi connectivity index (χ4n) is 1.27. The zero-order valence-corrected chi connectivity index (χ0v) is 11.8. The summed E-state index contributed by atoms with van der Waals surface area (Å²) in [5, 5.41) is 10.1. The summed E-state index contributed by atoms with van der Waals surface area (Å²) in [6.45, 7) is -0.106. The predicted molar refractivity (Wildman–Crippen MR) is 77.1 cm³/mol. The van der Waals surface area contributed by atoms with Crippen LogP contribution in [0.2, 0.25) is 5.02 Å². The van der Waals surface area contributed by atoms with E-state index in [1.54, 1.807) is 29.3 Å². The number of rotatable bonds is 3. The Morgan fingerprint density at radius 2 is 2.28 bits per heavy atom. The monoisotopic (exact) mass is 295 g/mol. The molecule has 18 heavy (non-hydrogen) atoms. The van der Waals surface area contributed by atoms with E-state index in [-0.39, 0.29) is 6.61 Å². The number of aromatic nitrogens is 1. The molecule has 0 amide bonds. The van der Waals surface area contributed by atoms with Gasteiger partial charge in [-0.25, -0.2) is 4.98 Å². The van der Waals surface area contributed by atoms with Gasteiger partial charge in [0.2, 0.25) is 0 Å². The lowest BCUT2D eigenvalue weighted by Gasteiger charge is -2.00. The fraction of sp³-hybridized carbons (Fsp3) is 0.154. The van der Waals surface area contributed by atoms with Crippen LogP contribution in [-0.2, 0) is 5.75 Å². The van der Waals surface area contributed by atoms with Gasteiger partial charge in [0, 0.05) is 16.8 Å². The maximum Gasteiger partial charge on any atom is 0.115 e. The molecule has 2 nitrogen and oxygen atoms in total. The minimum absolute atomic E-state index is 0.106. The third kappa shape index (κ3) is 3.76. The second-order valence-electron chi connectivity index (χ2n) is 3.30. The van der Waals surface area contributed by atoms with Gasteiger partial charge in [-0.15, -0.1) is 11.3 Å². The van der Waals surface area contributed by atoms with E-state index < -0.39 is 0 Å².